The van der Waals surface area contributed by atoms with Crippen LogP contribution in [0.5, 0.6) is 5.75 Å². The molecule has 2 aliphatic carbocycles. The number of amides is 4. The van der Waals surface area contributed by atoms with E-state index >= 15 is 0 Å². The first-order chi connectivity index (χ1) is 22.6. The number of allylic oxidation sites excluding steroid dienone is 2. The van der Waals surface area contributed by atoms with Gasteiger partial charge in [0.05, 0.1) is 23.7 Å². The SMILES string of the molecule is O=C(O)CCCCCN1C(=O)C2CC=C3C(CC4C(=O)N(CCCCCC(=O)O)C(=O)C4C3c3c(O)ccc4ccccc34)C2C1=O. The number of likely N-dealkylation sites (tertiary alicyclic amines) is 2. The fraction of sp³-hybridized carbons (Fsp3) is 0.500. The van der Waals surface area contributed by atoms with E-state index in [4.69, 9.17) is 10.2 Å². The third-order valence-electron chi connectivity index (χ3n) is 10.6. The van der Waals surface area contributed by atoms with Crippen molar-refractivity contribution in [1.82, 2.24) is 9.80 Å². The quantitative estimate of drug-likeness (QED) is 0.162. The van der Waals surface area contributed by atoms with E-state index in [9.17, 15) is 33.9 Å². The molecule has 2 saturated heterocycles. The van der Waals surface area contributed by atoms with E-state index in [0.717, 1.165) is 16.3 Å². The number of imide groups is 2. The molecule has 2 heterocycles. The standard InChI is InChI=1S/C36H40N2O9/c39-26-16-13-20-9-5-6-10-21(20)30(26)31-22-14-15-23-29(35(46)37(33(23)44)17-7-1-3-11-27(40)41)24(22)19-25-32(31)36(47)38(34(25)45)18-8-2-4-12-28(42)43/h5-6,9-10,13-14,16,23-25,29,31-32,39H,1-4,7-8,11-12,15,17-19H2,(H,40,41)(H,42,43). The van der Waals surface area contributed by atoms with E-state index < -0.39 is 47.4 Å². The topological polar surface area (TPSA) is 170 Å². The highest BCUT2D eigenvalue weighted by Gasteiger charge is 2.62. The second-order valence-corrected chi connectivity index (χ2v) is 13.3. The zero-order valence-corrected chi connectivity index (χ0v) is 26.2. The van der Waals surface area contributed by atoms with Gasteiger partial charge in [-0.15, -0.1) is 0 Å². The van der Waals surface area contributed by atoms with Gasteiger partial charge in [0.2, 0.25) is 23.6 Å². The first-order valence-corrected chi connectivity index (χ1v) is 16.6. The van der Waals surface area contributed by atoms with Gasteiger partial charge in [0.25, 0.3) is 0 Å². The number of carboxylic acids is 2. The zero-order valence-electron chi connectivity index (χ0n) is 26.2. The maximum Gasteiger partial charge on any atom is 0.303 e. The molecule has 0 aromatic heterocycles. The molecule has 4 amide bonds. The molecule has 11 heteroatoms. The minimum absolute atomic E-state index is 0.000283. The Balaban J connectivity index is 1.33. The molecule has 4 aliphatic rings. The van der Waals surface area contributed by atoms with Gasteiger partial charge >= 0.3 is 11.9 Å². The summed E-state index contributed by atoms with van der Waals surface area (Å²) in [7, 11) is 0. The van der Waals surface area contributed by atoms with Gasteiger partial charge in [0, 0.05) is 37.4 Å². The van der Waals surface area contributed by atoms with E-state index in [1.165, 1.54) is 9.80 Å². The Morgan fingerprint density at radius 3 is 1.91 bits per heavy atom. The Bertz CT molecular complexity index is 1660. The van der Waals surface area contributed by atoms with Gasteiger partial charge < -0.3 is 15.3 Å². The number of rotatable bonds is 13. The van der Waals surface area contributed by atoms with Crippen LogP contribution in [0.1, 0.15) is 75.7 Å². The third-order valence-corrected chi connectivity index (χ3v) is 10.6. The van der Waals surface area contributed by atoms with Crippen LogP contribution in [0, 0.1) is 29.6 Å². The summed E-state index contributed by atoms with van der Waals surface area (Å²) in [5, 5.41) is 30.9. The van der Waals surface area contributed by atoms with Gasteiger partial charge in [-0.05, 0) is 61.3 Å². The lowest BCUT2D eigenvalue weighted by molar-refractivity contribution is -0.142. The lowest BCUT2D eigenvalue weighted by Crippen LogP contribution is -2.43. The Morgan fingerprint density at radius 2 is 1.28 bits per heavy atom. The van der Waals surface area contributed by atoms with Crippen molar-refractivity contribution in [3.63, 3.8) is 0 Å². The van der Waals surface area contributed by atoms with Gasteiger partial charge in [-0.2, -0.15) is 0 Å². The van der Waals surface area contributed by atoms with Crippen molar-refractivity contribution in [3.8, 4) is 5.75 Å². The minimum Gasteiger partial charge on any atom is -0.508 e. The number of carbonyl (C=O) groups is 6. The number of aromatic hydroxyl groups is 1. The lowest BCUT2D eigenvalue weighted by Gasteiger charge is -2.44. The third kappa shape index (κ3) is 5.92. The highest BCUT2D eigenvalue weighted by atomic mass is 16.4. The fourth-order valence-corrected chi connectivity index (χ4v) is 8.54. The number of benzene rings is 2. The van der Waals surface area contributed by atoms with Crippen molar-refractivity contribution in [1.29, 1.82) is 0 Å². The Morgan fingerprint density at radius 1 is 0.681 bits per heavy atom. The number of carbonyl (C=O) groups excluding carboxylic acids is 4. The summed E-state index contributed by atoms with van der Waals surface area (Å²) >= 11 is 0. The normalized spacial score (nSPS) is 26.8. The summed E-state index contributed by atoms with van der Waals surface area (Å²) in [5.74, 6) is -6.90. The van der Waals surface area contributed by atoms with Gasteiger partial charge in [0.1, 0.15) is 5.75 Å². The molecule has 6 unspecified atom stereocenters. The zero-order chi connectivity index (χ0) is 33.4. The van der Waals surface area contributed by atoms with E-state index in [1.807, 2.05) is 30.3 Å². The summed E-state index contributed by atoms with van der Waals surface area (Å²) < 4.78 is 0. The first-order valence-electron chi connectivity index (χ1n) is 16.6. The predicted octanol–water partition coefficient (Wildman–Crippen LogP) is 4.47. The van der Waals surface area contributed by atoms with Gasteiger partial charge in [0.15, 0.2) is 0 Å². The molecule has 1 saturated carbocycles. The average molecular weight is 645 g/mol. The number of fused-ring (bicyclic) bond motifs is 5. The second kappa shape index (κ2) is 13.3. The monoisotopic (exact) mass is 644 g/mol. The smallest absolute Gasteiger partial charge is 0.303 e. The van der Waals surface area contributed by atoms with Gasteiger partial charge in [-0.25, -0.2) is 0 Å². The number of hydrogen-bond donors (Lipinski definition) is 3. The van der Waals surface area contributed by atoms with E-state index in [0.29, 0.717) is 50.5 Å². The molecule has 2 aliphatic heterocycles. The van der Waals surface area contributed by atoms with E-state index in [2.05, 4.69) is 0 Å². The van der Waals surface area contributed by atoms with Crippen molar-refractivity contribution in [2.75, 3.05) is 13.1 Å². The van der Waals surface area contributed by atoms with E-state index in [1.54, 1.807) is 12.1 Å². The molecule has 47 heavy (non-hydrogen) atoms. The number of phenols is 1. The Hall–Kier alpha value is -4.54. The lowest BCUT2D eigenvalue weighted by atomic mass is 9.56. The Kier molecular flexibility index (Phi) is 9.16. The molecule has 11 nitrogen and oxygen atoms in total. The molecule has 6 atom stereocenters. The van der Waals surface area contributed by atoms with Crippen LogP contribution in [0.25, 0.3) is 10.8 Å². The number of carboxylic acid groups (broad SMARTS) is 2. The molecule has 0 bridgehead atoms. The maximum absolute atomic E-state index is 14.2. The number of nitrogens with zero attached hydrogens (tertiary/aromatic N) is 2. The molecule has 248 valence electrons. The minimum atomic E-state index is -0.895. The van der Waals surface area contributed by atoms with Crippen LogP contribution < -0.4 is 0 Å². The first kappa shape index (κ1) is 32.4. The van der Waals surface area contributed by atoms with Crippen LogP contribution in [0.15, 0.2) is 48.0 Å². The van der Waals surface area contributed by atoms with Crippen LogP contribution in [0.3, 0.4) is 0 Å². The Labute approximate surface area is 272 Å². The van der Waals surface area contributed by atoms with Crippen LogP contribution in [0.2, 0.25) is 0 Å². The molecule has 3 fully saturated rings. The highest BCUT2D eigenvalue weighted by Crippen LogP contribution is 2.59. The predicted molar refractivity (Wildman–Crippen MR) is 169 cm³/mol. The molecule has 0 spiro atoms. The van der Waals surface area contributed by atoms with Crippen LogP contribution in [-0.4, -0.2) is 73.8 Å². The molecular formula is C36H40N2O9. The number of unbranched alkanes of at least 4 members (excludes halogenated alkanes) is 4. The van der Waals surface area contributed by atoms with Gasteiger partial charge in [-0.1, -0.05) is 54.8 Å². The largest absolute Gasteiger partial charge is 0.508 e. The molecule has 0 radical (unpaired) electrons. The molecule has 2 aromatic carbocycles. The highest BCUT2D eigenvalue weighted by molar-refractivity contribution is 6.08. The summed E-state index contributed by atoms with van der Waals surface area (Å²) in [5.41, 5.74) is 1.36. The van der Waals surface area contributed by atoms with Crippen molar-refractivity contribution in [3.05, 3.63) is 53.6 Å². The summed E-state index contributed by atoms with van der Waals surface area (Å²) in [6.07, 6.45) is 5.54. The maximum atomic E-state index is 14.2. The number of hydrogen-bond acceptors (Lipinski definition) is 7. The summed E-state index contributed by atoms with van der Waals surface area (Å²) in [6.45, 7) is 0.375. The molecule has 3 N–H and O–H groups in total. The van der Waals surface area contributed by atoms with E-state index in [-0.39, 0.29) is 61.7 Å². The van der Waals surface area contributed by atoms with Crippen molar-refractivity contribution in [2.45, 2.75) is 70.1 Å². The fourth-order valence-electron chi connectivity index (χ4n) is 8.54. The van der Waals surface area contributed by atoms with Crippen molar-refractivity contribution < 1.29 is 44.1 Å². The summed E-state index contributed by atoms with van der Waals surface area (Å²) in [6, 6.07) is 10.9. The molecular weight excluding hydrogens is 604 g/mol. The average Bonchev–Trinajstić information content (AvgIpc) is 3.43. The summed E-state index contributed by atoms with van der Waals surface area (Å²) in [4.78, 5) is 80.1. The van der Waals surface area contributed by atoms with Gasteiger partial charge in [-0.3, -0.25) is 38.6 Å². The van der Waals surface area contributed by atoms with Crippen molar-refractivity contribution in [2.24, 2.45) is 29.6 Å². The van der Waals surface area contributed by atoms with Crippen LogP contribution in [-0.2, 0) is 28.8 Å². The second-order valence-electron chi connectivity index (χ2n) is 13.3. The van der Waals surface area contributed by atoms with Crippen LogP contribution in [0.4, 0.5) is 0 Å². The van der Waals surface area contributed by atoms with Crippen molar-refractivity contribution >= 4 is 46.3 Å². The number of phenolic OH excluding ortho intramolecular Hbond substituents is 1. The van der Waals surface area contributed by atoms with Crippen LogP contribution >= 0.6 is 0 Å². The molecule has 6 rings (SSSR count). The molecule has 2 aromatic rings. The number of aliphatic carboxylic acids is 2.